The van der Waals surface area contributed by atoms with Gasteiger partial charge in [0.15, 0.2) is 0 Å². The topological polar surface area (TPSA) is 29.1 Å². The molecule has 0 unspecified atom stereocenters. The number of hydrogen-bond donors (Lipinski definition) is 1. The Hall–Kier alpha value is -0.740. The molecule has 0 saturated carbocycles. The zero-order chi connectivity index (χ0) is 12.0. The molecule has 86 valence electrons. The number of rotatable bonds is 5. The SMILES string of the molecule is C=C(Br)CNC(=O)c1cccc(CSC)c1. The third-order valence-electron chi connectivity index (χ3n) is 1.94. The highest BCUT2D eigenvalue weighted by Gasteiger charge is 2.05. The van der Waals surface area contributed by atoms with Crippen LogP contribution in [0.4, 0.5) is 0 Å². The molecule has 1 aromatic rings. The van der Waals surface area contributed by atoms with Gasteiger partial charge in [-0.2, -0.15) is 11.8 Å². The van der Waals surface area contributed by atoms with Gasteiger partial charge < -0.3 is 5.32 Å². The normalized spacial score (nSPS) is 9.88. The van der Waals surface area contributed by atoms with Gasteiger partial charge in [0.1, 0.15) is 0 Å². The van der Waals surface area contributed by atoms with E-state index in [2.05, 4.69) is 27.8 Å². The number of nitrogens with one attached hydrogen (secondary N) is 1. The van der Waals surface area contributed by atoms with Crippen LogP contribution in [-0.4, -0.2) is 18.7 Å². The number of thioether (sulfide) groups is 1. The van der Waals surface area contributed by atoms with E-state index in [9.17, 15) is 4.79 Å². The van der Waals surface area contributed by atoms with E-state index in [4.69, 9.17) is 0 Å². The van der Waals surface area contributed by atoms with Crippen molar-refractivity contribution in [3.8, 4) is 0 Å². The lowest BCUT2D eigenvalue weighted by molar-refractivity contribution is 0.0957. The van der Waals surface area contributed by atoms with Gasteiger partial charge in [0.2, 0.25) is 0 Å². The first-order valence-electron chi connectivity index (χ1n) is 4.83. The highest BCUT2D eigenvalue weighted by Crippen LogP contribution is 2.11. The summed E-state index contributed by atoms with van der Waals surface area (Å²) in [4.78, 5) is 11.7. The molecule has 4 heteroatoms. The van der Waals surface area contributed by atoms with Crippen LogP contribution in [0.5, 0.6) is 0 Å². The van der Waals surface area contributed by atoms with Crippen molar-refractivity contribution in [3.63, 3.8) is 0 Å². The fourth-order valence-electron chi connectivity index (χ4n) is 1.25. The van der Waals surface area contributed by atoms with Gasteiger partial charge in [-0.25, -0.2) is 0 Å². The summed E-state index contributed by atoms with van der Waals surface area (Å²) >= 11 is 4.94. The van der Waals surface area contributed by atoms with E-state index in [0.29, 0.717) is 12.1 Å². The largest absolute Gasteiger partial charge is 0.347 e. The van der Waals surface area contributed by atoms with Gasteiger partial charge in [-0.05, 0) is 24.0 Å². The summed E-state index contributed by atoms with van der Waals surface area (Å²) in [6, 6.07) is 7.67. The van der Waals surface area contributed by atoms with E-state index in [1.807, 2.05) is 30.5 Å². The van der Waals surface area contributed by atoms with Gasteiger partial charge in [-0.15, -0.1) is 0 Å². The summed E-state index contributed by atoms with van der Waals surface area (Å²) in [5.41, 5.74) is 1.86. The van der Waals surface area contributed by atoms with Crippen molar-refractivity contribution in [1.29, 1.82) is 0 Å². The molecule has 0 fully saturated rings. The summed E-state index contributed by atoms with van der Waals surface area (Å²) in [6.07, 6.45) is 2.04. The number of amides is 1. The third-order valence-corrected chi connectivity index (χ3v) is 2.84. The molecule has 2 nitrogen and oxygen atoms in total. The standard InChI is InChI=1S/C12H14BrNOS/c1-9(13)7-14-12(15)11-5-3-4-10(6-11)8-16-2/h3-6H,1,7-8H2,2H3,(H,14,15). The third kappa shape index (κ3) is 4.41. The Bertz CT molecular complexity index is 392. The van der Waals surface area contributed by atoms with E-state index in [1.165, 1.54) is 0 Å². The van der Waals surface area contributed by atoms with Crippen molar-refractivity contribution in [3.05, 3.63) is 46.5 Å². The maximum atomic E-state index is 11.7. The van der Waals surface area contributed by atoms with Crippen molar-refractivity contribution < 1.29 is 4.79 Å². The van der Waals surface area contributed by atoms with Crippen molar-refractivity contribution in [2.75, 3.05) is 12.8 Å². The number of halogens is 1. The lowest BCUT2D eigenvalue weighted by atomic mass is 10.1. The minimum absolute atomic E-state index is 0.0662. The molecule has 0 aromatic heterocycles. The van der Waals surface area contributed by atoms with Gasteiger partial charge in [0.25, 0.3) is 5.91 Å². The van der Waals surface area contributed by atoms with Gasteiger partial charge in [-0.1, -0.05) is 34.6 Å². The van der Waals surface area contributed by atoms with Gasteiger partial charge in [0.05, 0.1) is 0 Å². The molecule has 0 aliphatic heterocycles. The number of hydrogen-bond acceptors (Lipinski definition) is 2. The summed E-state index contributed by atoms with van der Waals surface area (Å²) in [6.45, 7) is 4.12. The molecule has 0 saturated heterocycles. The first-order valence-corrected chi connectivity index (χ1v) is 7.01. The maximum absolute atomic E-state index is 11.7. The van der Waals surface area contributed by atoms with Gasteiger partial charge in [0, 0.05) is 22.3 Å². The van der Waals surface area contributed by atoms with Crippen LogP contribution in [0.25, 0.3) is 0 Å². The average molecular weight is 300 g/mol. The molecular formula is C12H14BrNOS. The van der Waals surface area contributed by atoms with E-state index in [-0.39, 0.29) is 5.91 Å². The van der Waals surface area contributed by atoms with Crippen LogP contribution in [0, 0.1) is 0 Å². The molecule has 0 spiro atoms. The van der Waals surface area contributed by atoms with E-state index >= 15 is 0 Å². The molecule has 1 aromatic carbocycles. The predicted octanol–water partition coefficient (Wildman–Crippen LogP) is 3.19. The zero-order valence-electron chi connectivity index (χ0n) is 9.13. The molecule has 0 radical (unpaired) electrons. The molecule has 0 bridgehead atoms. The summed E-state index contributed by atoms with van der Waals surface area (Å²) < 4.78 is 0.765. The van der Waals surface area contributed by atoms with E-state index < -0.39 is 0 Å². The molecule has 1 rings (SSSR count). The number of carbonyl (C=O) groups is 1. The first kappa shape index (κ1) is 13.3. The Morgan fingerprint density at radius 1 is 1.56 bits per heavy atom. The van der Waals surface area contributed by atoms with Crippen molar-refractivity contribution in [2.45, 2.75) is 5.75 Å². The second-order valence-electron chi connectivity index (χ2n) is 3.33. The van der Waals surface area contributed by atoms with Crippen LogP contribution in [0.2, 0.25) is 0 Å². The molecule has 1 amide bonds. The summed E-state index contributed by atoms with van der Waals surface area (Å²) in [7, 11) is 0. The number of carbonyl (C=O) groups excluding carboxylic acids is 1. The van der Waals surface area contributed by atoms with Gasteiger partial charge in [-0.3, -0.25) is 4.79 Å². The van der Waals surface area contributed by atoms with Crippen LogP contribution in [0.15, 0.2) is 35.3 Å². The quantitative estimate of drug-likeness (QED) is 0.905. The van der Waals surface area contributed by atoms with E-state index in [0.717, 1.165) is 15.8 Å². The van der Waals surface area contributed by atoms with Crippen LogP contribution in [0.1, 0.15) is 15.9 Å². The Morgan fingerprint density at radius 2 is 2.31 bits per heavy atom. The minimum Gasteiger partial charge on any atom is -0.347 e. The molecule has 0 atom stereocenters. The summed E-state index contributed by atoms with van der Waals surface area (Å²) in [5.74, 6) is 0.857. The molecule has 16 heavy (non-hydrogen) atoms. The number of benzene rings is 1. The Labute approximate surface area is 109 Å². The highest BCUT2D eigenvalue weighted by atomic mass is 79.9. The predicted molar refractivity (Wildman–Crippen MR) is 74.1 cm³/mol. The van der Waals surface area contributed by atoms with Crippen LogP contribution in [0.3, 0.4) is 0 Å². The lowest BCUT2D eigenvalue weighted by Gasteiger charge is -2.05. The highest BCUT2D eigenvalue weighted by molar-refractivity contribution is 9.11. The smallest absolute Gasteiger partial charge is 0.251 e. The fourth-order valence-corrected chi connectivity index (χ4v) is 1.90. The van der Waals surface area contributed by atoms with E-state index in [1.54, 1.807) is 11.8 Å². The molecular weight excluding hydrogens is 286 g/mol. The maximum Gasteiger partial charge on any atom is 0.251 e. The van der Waals surface area contributed by atoms with Crippen LogP contribution < -0.4 is 5.32 Å². The van der Waals surface area contributed by atoms with Crippen molar-refractivity contribution in [2.24, 2.45) is 0 Å². The second kappa shape index (κ2) is 6.76. The molecule has 1 N–H and O–H groups in total. The molecule has 0 heterocycles. The monoisotopic (exact) mass is 299 g/mol. The average Bonchev–Trinajstić information content (AvgIpc) is 2.26. The van der Waals surface area contributed by atoms with Crippen molar-refractivity contribution >= 4 is 33.6 Å². The van der Waals surface area contributed by atoms with Crippen LogP contribution in [-0.2, 0) is 5.75 Å². The Kier molecular flexibility index (Phi) is 5.63. The zero-order valence-corrected chi connectivity index (χ0v) is 11.5. The van der Waals surface area contributed by atoms with Crippen LogP contribution >= 0.6 is 27.7 Å². The molecule has 0 aliphatic carbocycles. The minimum atomic E-state index is -0.0662. The Morgan fingerprint density at radius 3 is 2.94 bits per heavy atom. The first-order chi connectivity index (χ1) is 7.63. The second-order valence-corrected chi connectivity index (χ2v) is 5.32. The lowest BCUT2D eigenvalue weighted by Crippen LogP contribution is -2.24. The Balaban J connectivity index is 2.67. The van der Waals surface area contributed by atoms with Crippen molar-refractivity contribution in [1.82, 2.24) is 5.32 Å². The van der Waals surface area contributed by atoms with Gasteiger partial charge >= 0.3 is 0 Å². The summed E-state index contributed by atoms with van der Waals surface area (Å²) in [5, 5.41) is 2.78. The molecule has 0 aliphatic rings. The fraction of sp³-hybridized carbons (Fsp3) is 0.250.